The van der Waals surface area contributed by atoms with Crippen LogP contribution in [-0.4, -0.2) is 34.6 Å². The Labute approximate surface area is 120 Å². The first-order valence-electron chi connectivity index (χ1n) is 6.23. The van der Waals surface area contributed by atoms with Gasteiger partial charge in [-0.3, -0.25) is 14.9 Å². The standard InChI is InChI=1S/C12H14ClN3O4/c1-2-20-8-3-7(4-8)15-12(17)9-5-11(13)14-6-10(9)16(18)19/h5-8H,2-4H2,1H3,(H,15,17). The summed E-state index contributed by atoms with van der Waals surface area (Å²) < 4.78 is 5.39. The van der Waals surface area contributed by atoms with Crippen LogP contribution >= 0.6 is 11.6 Å². The molecule has 108 valence electrons. The second kappa shape index (κ2) is 6.15. The van der Waals surface area contributed by atoms with Crippen LogP contribution in [0.15, 0.2) is 12.3 Å². The first kappa shape index (κ1) is 14.7. The van der Waals surface area contributed by atoms with Gasteiger partial charge in [0.1, 0.15) is 16.9 Å². The van der Waals surface area contributed by atoms with Crippen molar-refractivity contribution in [3.05, 3.63) is 33.1 Å². The van der Waals surface area contributed by atoms with E-state index in [-0.39, 0.29) is 28.5 Å². The number of carbonyl (C=O) groups excluding carboxylic acids is 1. The molecule has 0 atom stereocenters. The molecule has 1 aliphatic carbocycles. The molecule has 1 aliphatic rings. The van der Waals surface area contributed by atoms with Gasteiger partial charge in [-0.1, -0.05) is 11.6 Å². The first-order chi connectivity index (χ1) is 9.51. The van der Waals surface area contributed by atoms with Gasteiger partial charge in [0.25, 0.3) is 11.6 Å². The van der Waals surface area contributed by atoms with E-state index in [0.29, 0.717) is 19.4 Å². The van der Waals surface area contributed by atoms with Gasteiger partial charge in [0.2, 0.25) is 0 Å². The summed E-state index contributed by atoms with van der Waals surface area (Å²) in [6.45, 7) is 2.55. The van der Waals surface area contributed by atoms with Crippen molar-refractivity contribution in [1.82, 2.24) is 10.3 Å². The third kappa shape index (κ3) is 3.23. The molecule has 0 unspecified atom stereocenters. The number of nitrogens with one attached hydrogen (secondary N) is 1. The van der Waals surface area contributed by atoms with Gasteiger partial charge in [-0.05, 0) is 25.8 Å². The van der Waals surface area contributed by atoms with Crippen molar-refractivity contribution >= 4 is 23.2 Å². The highest BCUT2D eigenvalue weighted by Crippen LogP contribution is 2.25. The number of ether oxygens (including phenoxy) is 1. The summed E-state index contributed by atoms with van der Waals surface area (Å²) in [5.74, 6) is -0.513. The third-order valence-corrected chi connectivity index (χ3v) is 3.33. The van der Waals surface area contributed by atoms with Crippen LogP contribution in [0.2, 0.25) is 5.15 Å². The zero-order valence-electron chi connectivity index (χ0n) is 10.8. The number of nitrogens with zero attached hydrogens (tertiary/aromatic N) is 2. The Bertz CT molecular complexity index is 531. The Kier molecular flexibility index (Phi) is 4.51. The first-order valence-corrected chi connectivity index (χ1v) is 6.61. The number of carbonyl (C=O) groups is 1. The zero-order valence-corrected chi connectivity index (χ0v) is 11.6. The van der Waals surface area contributed by atoms with Crippen molar-refractivity contribution in [1.29, 1.82) is 0 Å². The summed E-state index contributed by atoms with van der Waals surface area (Å²) in [5.41, 5.74) is -0.428. The fourth-order valence-corrected chi connectivity index (χ4v) is 2.23. The number of halogens is 1. The van der Waals surface area contributed by atoms with Crippen molar-refractivity contribution in [3.63, 3.8) is 0 Å². The molecule has 0 spiro atoms. The maximum atomic E-state index is 12.0. The molecule has 0 aromatic carbocycles. The molecule has 2 rings (SSSR count). The summed E-state index contributed by atoms with van der Waals surface area (Å²) in [6, 6.07) is 1.18. The van der Waals surface area contributed by atoms with E-state index in [1.807, 2.05) is 6.92 Å². The minimum Gasteiger partial charge on any atom is -0.378 e. The van der Waals surface area contributed by atoms with Gasteiger partial charge in [-0.2, -0.15) is 0 Å². The minimum absolute atomic E-state index is 0.0226. The zero-order chi connectivity index (χ0) is 14.7. The van der Waals surface area contributed by atoms with Crippen LogP contribution in [0.3, 0.4) is 0 Å². The molecular formula is C12H14ClN3O4. The lowest BCUT2D eigenvalue weighted by molar-refractivity contribution is -0.385. The number of hydrogen-bond acceptors (Lipinski definition) is 5. The summed E-state index contributed by atoms with van der Waals surface area (Å²) in [5, 5.41) is 13.6. The van der Waals surface area contributed by atoms with Gasteiger partial charge in [0.15, 0.2) is 0 Å². The maximum Gasteiger partial charge on any atom is 0.300 e. The molecule has 1 saturated carbocycles. The maximum absolute atomic E-state index is 12.0. The summed E-state index contributed by atoms with van der Waals surface area (Å²) in [4.78, 5) is 25.9. The number of amides is 1. The molecule has 1 N–H and O–H groups in total. The highest BCUT2D eigenvalue weighted by molar-refractivity contribution is 6.29. The van der Waals surface area contributed by atoms with Crippen LogP contribution in [0.1, 0.15) is 30.1 Å². The molecule has 1 heterocycles. The average molecular weight is 300 g/mol. The van der Waals surface area contributed by atoms with Gasteiger partial charge in [0, 0.05) is 12.6 Å². The van der Waals surface area contributed by atoms with Crippen LogP contribution in [0, 0.1) is 10.1 Å². The largest absolute Gasteiger partial charge is 0.378 e. The summed E-state index contributed by atoms with van der Waals surface area (Å²) >= 11 is 5.68. The lowest BCUT2D eigenvalue weighted by atomic mass is 9.89. The molecular weight excluding hydrogens is 286 g/mol. The third-order valence-electron chi connectivity index (χ3n) is 3.12. The quantitative estimate of drug-likeness (QED) is 0.509. The van der Waals surface area contributed by atoms with E-state index in [0.717, 1.165) is 6.20 Å². The molecule has 0 radical (unpaired) electrons. The summed E-state index contributed by atoms with van der Waals surface area (Å²) in [6.07, 6.45) is 2.57. The van der Waals surface area contributed by atoms with E-state index in [9.17, 15) is 14.9 Å². The van der Waals surface area contributed by atoms with E-state index in [1.54, 1.807) is 0 Å². The predicted octanol–water partition coefficient (Wildman–Crippen LogP) is 1.94. The van der Waals surface area contributed by atoms with Crippen molar-refractivity contribution in [2.45, 2.75) is 31.9 Å². The monoisotopic (exact) mass is 299 g/mol. The number of rotatable bonds is 5. The highest BCUT2D eigenvalue weighted by Gasteiger charge is 2.32. The Hall–Kier alpha value is -1.73. The van der Waals surface area contributed by atoms with Gasteiger partial charge in [-0.15, -0.1) is 0 Å². The van der Waals surface area contributed by atoms with Crippen LogP contribution < -0.4 is 5.32 Å². The van der Waals surface area contributed by atoms with Crippen LogP contribution in [0.5, 0.6) is 0 Å². The van der Waals surface area contributed by atoms with Gasteiger partial charge in [-0.25, -0.2) is 4.98 Å². The highest BCUT2D eigenvalue weighted by atomic mass is 35.5. The van der Waals surface area contributed by atoms with Crippen molar-refractivity contribution in [3.8, 4) is 0 Å². The molecule has 0 aliphatic heterocycles. The number of pyridine rings is 1. The van der Waals surface area contributed by atoms with Crippen molar-refractivity contribution in [2.75, 3.05) is 6.61 Å². The van der Waals surface area contributed by atoms with E-state index in [1.165, 1.54) is 6.07 Å². The second-order valence-electron chi connectivity index (χ2n) is 4.50. The lowest BCUT2D eigenvalue weighted by Crippen LogP contribution is -2.47. The van der Waals surface area contributed by atoms with Crippen molar-refractivity contribution in [2.24, 2.45) is 0 Å². The lowest BCUT2D eigenvalue weighted by Gasteiger charge is -2.35. The molecule has 20 heavy (non-hydrogen) atoms. The van der Waals surface area contributed by atoms with E-state index >= 15 is 0 Å². The number of aromatic nitrogens is 1. The van der Waals surface area contributed by atoms with Gasteiger partial charge < -0.3 is 10.1 Å². The Morgan fingerprint density at radius 1 is 1.65 bits per heavy atom. The topological polar surface area (TPSA) is 94.4 Å². The number of nitro groups is 1. The Balaban J connectivity index is 2.03. The normalized spacial score (nSPS) is 21.1. The van der Waals surface area contributed by atoms with Gasteiger partial charge in [0.05, 0.1) is 11.0 Å². The van der Waals surface area contributed by atoms with Crippen LogP contribution in [0.4, 0.5) is 5.69 Å². The van der Waals surface area contributed by atoms with Crippen LogP contribution in [0.25, 0.3) is 0 Å². The molecule has 7 nitrogen and oxygen atoms in total. The smallest absolute Gasteiger partial charge is 0.300 e. The minimum atomic E-state index is -0.651. The number of hydrogen-bond donors (Lipinski definition) is 1. The molecule has 1 amide bonds. The second-order valence-corrected chi connectivity index (χ2v) is 4.89. The van der Waals surface area contributed by atoms with E-state index in [2.05, 4.69) is 10.3 Å². The fraction of sp³-hybridized carbons (Fsp3) is 0.500. The molecule has 1 aromatic rings. The molecule has 0 saturated heterocycles. The fourth-order valence-electron chi connectivity index (χ4n) is 2.07. The predicted molar refractivity (Wildman–Crippen MR) is 71.8 cm³/mol. The van der Waals surface area contributed by atoms with Gasteiger partial charge >= 0.3 is 0 Å². The summed E-state index contributed by atoms with van der Waals surface area (Å²) in [7, 11) is 0. The molecule has 1 aromatic heterocycles. The van der Waals surface area contributed by atoms with E-state index < -0.39 is 10.8 Å². The molecule has 1 fully saturated rings. The molecule has 8 heteroatoms. The van der Waals surface area contributed by atoms with E-state index in [4.69, 9.17) is 16.3 Å². The Morgan fingerprint density at radius 3 is 2.95 bits per heavy atom. The van der Waals surface area contributed by atoms with Crippen LogP contribution in [-0.2, 0) is 4.74 Å². The SMILES string of the molecule is CCOC1CC(NC(=O)c2cc(Cl)ncc2[N+](=O)[O-])C1. The van der Waals surface area contributed by atoms with Crippen molar-refractivity contribution < 1.29 is 14.5 Å². The average Bonchev–Trinajstić information content (AvgIpc) is 2.35. The Morgan fingerprint density at radius 2 is 2.35 bits per heavy atom. The molecule has 0 bridgehead atoms.